The normalized spacial score (nSPS) is 13.9. The van der Waals surface area contributed by atoms with Crippen molar-refractivity contribution < 1.29 is 4.79 Å². The van der Waals surface area contributed by atoms with Gasteiger partial charge in [0.05, 0.1) is 16.6 Å². The van der Waals surface area contributed by atoms with Crippen molar-refractivity contribution in [2.45, 2.75) is 6.42 Å². The Morgan fingerprint density at radius 2 is 1.82 bits per heavy atom. The van der Waals surface area contributed by atoms with Gasteiger partial charge in [0, 0.05) is 19.2 Å². The summed E-state index contributed by atoms with van der Waals surface area (Å²) in [6.45, 7) is 0.500. The summed E-state index contributed by atoms with van der Waals surface area (Å²) in [7, 11) is 0. The minimum Gasteiger partial charge on any atom is -0.325 e. The van der Waals surface area contributed by atoms with Crippen molar-refractivity contribution >= 4 is 16.7 Å². The van der Waals surface area contributed by atoms with E-state index in [1.54, 1.807) is 30.5 Å². The molecule has 0 unspecified atom stereocenters. The number of aromatic nitrogens is 3. The highest BCUT2D eigenvalue weighted by Crippen LogP contribution is 2.22. The molecule has 0 fully saturated rings. The van der Waals surface area contributed by atoms with Crippen LogP contribution in [-0.4, -0.2) is 26.6 Å². The molecule has 0 spiro atoms. The fraction of sp³-hybridized carbons (Fsp3) is 0.133. The summed E-state index contributed by atoms with van der Waals surface area (Å²) in [5, 5.41) is 0.307. The molecule has 0 saturated carbocycles. The van der Waals surface area contributed by atoms with Gasteiger partial charge in [-0.1, -0.05) is 18.2 Å². The van der Waals surface area contributed by atoms with E-state index in [9.17, 15) is 14.4 Å². The second-order valence-electron chi connectivity index (χ2n) is 5.12. The van der Waals surface area contributed by atoms with Crippen molar-refractivity contribution in [3.05, 3.63) is 63.1 Å². The average Bonchev–Trinajstić information content (AvgIpc) is 2.90. The predicted molar refractivity (Wildman–Crippen MR) is 81.3 cm³/mol. The van der Waals surface area contributed by atoms with Crippen LogP contribution in [0.4, 0.5) is 0 Å². The Hall–Kier alpha value is -3.09. The first kappa shape index (κ1) is 12.6. The van der Waals surface area contributed by atoms with E-state index in [1.165, 1.54) is 9.24 Å². The molecule has 110 valence electrons. The first-order valence-corrected chi connectivity index (χ1v) is 6.90. The van der Waals surface area contributed by atoms with Gasteiger partial charge in [-0.05, 0) is 12.1 Å². The first-order valence-electron chi connectivity index (χ1n) is 6.90. The van der Waals surface area contributed by atoms with Gasteiger partial charge < -0.3 is 5.43 Å². The number of hydrogen-bond donors (Lipinski definition) is 2. The molecule has 1 aromatic carbocycles. The zero-order valence-corrected chi connectivity index (χ0v) is 11.5. The van der Waals surface area contributed by atoms with Crippen LogP contribution in [0.3, 0.4) is 0 Å². The van der Waals surface area contributed by atoms with Gasteiger partial charge in [0.1, 0.15) is 5.69 Å². The second kappa shape index (κ2) is 4.45. The maximum atomic E-state index is 12.3. The number of aromatic amines is 1. The maximum absolute atomic E-state index is 12.3. The van der Waals surface area contributed by atoms with Gasteiger partial charge >= 0.3 is 5.69 Å². The topological polar surface area (TPSA) is 88.9 Å². The summed E-state index contributed by atoms with van der Waals surface area (Å²) >= 11 is 0. The lowest BCUT2D eigenvalue weighted by atomic mass is 10.1. The quantitative estimate of drug-likeness (QED) is 0.688. The van der Waals surface area contributed by atoms with Crippen molar-refractivity contribution in [1.82, 2.24) is 14.2 Å². The number of nitrogens with zero attached hydrogens (tertiary/aromatic N) is 2. The Kier molecular flexibility index (Phi) is 2.56. The van der Waals surface area contributed by atoms with Crippen molar-refractivity contribution in [3.63, 3.8) is 0 Å². The van der Waals surface area contributed by atoms with Gasteiger partial charge in [-0.15, -0.1) is 0 Å². The minimum absolute atomic E-state index is 0.0940. The number of nitrogens with one attached hydrogen (secondary N) is 2. The van der Waals surface area contributed by atoms with Gasteiger partial charge in [-0.25, -0.2) is 4.79 Å². The molecule has 22 heavy (non-hydrogen) atoms. The Balaban J connectivity index is 2.22. The van der Waals surface area contributed by atoms with Crippen LogP contribution in [0.2, 0.25) is 0 Å². The molecule has 0 radical (unpaired) electrons. The number of ketones is 1. The van der Waals surface area contributed by atoms with Crippen LogP contribution in [0, 0.1) is 0 Å². The molecule has 0 aliphatic carbocycles. The highest BCUT2D eigenvalue weighted by atomic mass is 16.2. The van der Waals surface area contributed by atoms with Crippen LogP contribution in [0.1, 0.15) is 16.9 Å². The Labute approximate surface area is 123 Å². The number of carbonyl (C=O) groups is 1. The number of hydrogen-bond acceptors (Lipinski definition) is 4. The largest absolute Gasteiger partial charge is 0.333 e. The van der Waals surface area contributed by atoms with Crippen LogP contribution in [0.15, 0.2) is 46.1 Å². The number of fused-ring (bicyclic) bond motifs is 3. The SMILES string of the molecule is O=C1CCNn2cc3c(=O)[nH]c(=O)n(-c4ccccc4)c3c21. The smallest absolute Gasteiger partial charge is 0.325 e. The lowest BCUT2D eigenvalue weighted by molar-refractivity contribution is 0.0971. The molecule has 7 nitrogen and oxygen atoms in total. The fourth-order valence-electron chi connectivity index (χ4n) is 2.83. The van der Waals surface area contributed by atoms with Gasteiger partial charge in [0.25, 0.3) is 5.56 Å². The molecule has 3 heterocycles. The van der Waals surface area contributed by atoms with E-state index in [0.29, 0.717) is 35.2 Å². The van der Waals surface area contributed by atoms with E-state index < -0.39 is 11.2 Å². The third-order valence-corrected chi connectivity index (χ3v) is 3.78. The van der Waals surface area contributed by atoms with E-state index in [4.69, 9.17) is 0 Å². The van der Waals surface area contributed by atoms with Crippen LogP contribution in [-0.2, 0) is 0 Å². The van der Waals surface area contributed by atoms with Gasteiger partial charge in [-0.3, -0.25) is 23.8 Å². The van der Waals surface area contributed by atoms with Crippen molar-refractivity contribution in [1.29, 1.82) is 0 Å². The molecular weight excluding hydrogens is 284 g/mol. The summed E-state index contributed by atoms with van der Waals surface area (Å²) in [6.07, 6.45) is 1.88. The zero-order valence-electron chi connectivity index (χ0n) is 11.5. The monoisotopic (exact) mass is 296 g/mol. The summed E-state index contributed by atoms with van der Waals surface area (Å²) in [5.74, 6) is -0.0940. The molecule has 0 amide bonds. The van der Waals surface area contributed by atoms with E-state index in [2.05, 4.69) is 10.4 Å². The number of benzene rings is 1. The standard InChI is InChI=1S/C15H12N4O3/c20-11-6-7-16-18-8-10-12(13(11)18)19(15(22)17-14(10)21)9-4-2-1-3-5-9/h1-5,8,16H,6-7H2,(H,17,21,22). The number of carbonyl (C=O) groups excluding carboxylic acids is 1. The van der Waals surface area contributed by atoms with Crippen LogP contribution in [0.25, 0.3) is 16.6 Å². The van der Waals surface area contributed by atoms with Crippen molar-refractivity contribution in [3.8, 4) is 5.69 Å². The third kappa shape index (κ3) is 1.65. The number of rotatable bonds is 1. The highest BCUT2D eigenvalue weighted by molar-refractivity contribution is 6.07. The molecule has 2 N–H and O–H groups in total. The lowest BCUT2D eigenvalue weighted by Crippen LogP contribution is -2.31. The highest BCUT2D eigenvalue weighted by Gasteiger charge is 2.25. The molecular formula is C15H12N4O3. The van der Waals surface area contributed by atoms with Crippen LogP contribution in [0.5, 0.6) is 0 Å². The molecule has 0 atom stereocenters. The summed E-state index contributed by atoms with van der Waals surface area (Å²) in [4.78, 5) is 39.0. The zero-order chi connectivity index (χ0) is 15.3. The fourth-order valence-corrected chi connectivity index (χ4v) is 2.83. The molecule has 2 aromatic heterocycles. The Bertz CT molecular complexity index is 1010. The maximum Gasteiger partial charge on any atom is 0.333 e. The predicted octanol–water partition coefficient (Wildman–Crippen LogP) is 0.610. The van der Waals surface area contributed by atoms with E-state index >= 15 is 0 Å². The van der Waals surface area contributed by atoms with Crippen molar-refractivity contribution in [2.75, 3.05) is 12.0 Å². The molecule has 1 aliphatic heterocycles. The van der Waals surface area contributed by atoms with Crippen LogP contribution >= 0.6 is 0 Å². The van der Waals surface area contributed by atoms with Gasteiger partial charge in [-0.2, -0.15) is 0 Å². The number of para-hydroxylation sites is 1. The molecule has 4 rings (SSSR count). The molecule has 7 heteroatoms. The number of H-pyrrole nitrogens is 1. The molecule has 3 aromatic rings. The van der Waals surface area contributed by atoms with Crippen LogP contribution < -0.4 is 16.7 Å². The summed E-state index contributed by atoms with van der Waals surface area (Å²) in [5.41, 5.74) is 3.26. The lowest BCUT2D eigenvalue weighted by Gasteiger charge is -2.17. The van der Waals surface area contributed by atoms with E-state index in [1.807, 2.05) is 6.07 Å². The summed E-state index contributed by atoms with van der Waals surface area (Å²) < 4.78 is 2.90. The molecule has 0 saturated heterocycles. The minimum atomic E-state index is -0.559. The number of Topliss-reactive ketones (excluding diaryl/α,β-unsaturated/α-hetero) is 1. The Morgan fingerprint density at radius 1 is 1.05 bits per heavy atom. The average molecular weight is 296 g/mol. The van der Waals surface area contributed by atoms with Gasteiger partial charge in [0.2, 0.25) is 0 Å². The summed E-state index contributed by atoms with van der Waals surface area (Å²) in [6, 6.07) is 8.93. The molecule has 1 aliphatic rings. The Morgan fingerprint density at radius 3 is 2.59 bits per heavy atom. The second-order valence-corrected chi connectivity index (χ2v) is 5.12. The third-order valence-electron chi connectivity index (χ3n) is 3.78. The van der Waals surface area contributed by atoms with E-state index in [0.717, 1.165) is 0 Å². The first-order chi connectivity index (χ1) is 10.7. The van der Waals surface area contributed by atoms with Crippen molar-refractivity contribution in [2.24, 2.45) is 0 Å². The van der Waals surface area contributed by atoms with E-state index in [-0.39, 0.29) is 5.78 Å². The van der Waals surface area contributed by atoms with Gasteiger partial charge in [0.15, 0.2) is 5.78 Å². The molecule has 0 bridgehead atoms.